The molecule has 0 spiro atoms. The van der Waals surface area contributed by atoms with Gasteiger partial charge in [0.15, 0.2) is 11.5 Å². The van der Waals surface area contributed by atoms with E-state index in [1.165, 1.54) is 7.11 Å². The summed E-state index contributed by atoms with van der Waals surface area (Å²) >= 11 is 0. The fourth-order valence-corrected chi connectivity index (χ4v) is 1.66. The topological polar surface area (TPSA) is 65.0 Å². The molecule has 1 saturated heterocycles. The second-order valence-electron chi connectivity index (χ2n) is 4.25. The first-order valence-electron chi connectivity index (χ1n) is 5.77. The molecular weight excluding hydrogens is 236 g/mol. The molecule has 1 fully saturated rings. The summed E-state index contributed by atoms with van der Waals surface area (Å²) in [5.74, 6) is -0.266. The lowest BCUT2D eigenvalue weighted by Gasteiger charge is -2.27. The van der Waals surface area contributed by atoms with E-state index in [4.69, 9.17) is 19.3 Å². The second kappa shape index (κ2) is 5.27. The van der Waals surface area contributed by atoms with E-state index in [1.54, 1.807) is 25.1 Å². The van der Waals surface area contributed by atoms with Crippen molar-refractivity contribution < 1.29 is 24.1 Å². The highest BCUT2D eigenvalue weighted by Crippen LogP contribution is 2.32. The molecule has 5 nitrogen and oxygen atoms in total. The van der Waals surface area contributed by atoms with Crippen LogP contribution in [0.5, 0.6) is 11.5 Å². The van der Waals surface area contributed by atoms with E-state index in [1.807, 2.05) is 0 Å². The molecule has 1 aliphatic rings. The first-order valence-corrected chi connectivity index (χ1v) is 5.77. The molecule has 0 amide bonds. The van der Waals surface area contributed by atoms with Gasteiger partial charge in [-0.3, -0.25) is 4.79 Å². The third-order valence-electron chi connectivity index (χ3n) is 2.96. The van der Waals surface area contributed by atoms with Gasteiger partial charge in [0.1, 0.15) is 6.10 Å². The zero-order valence-electron chi connectivity index (χ0n) is 10.4. The molecule has 2 rings (SSSR count). The zero-order chi connectivity index (χ0) is 13.1. The predicted molar refractivity (Wildman–Crippen MR) is 64.3 cm³/mol. The maximum Gasteiger partial charge on any atom is 0.310 e. The van der Waals surface area contributed by atoms with Crippen LogP contribution >= 0.6 is 0 Å². The van der Waals surface area contributed by atoms with Gasteiger partial charge >= 0.3 is 5.97 Å². The molecule has 18 heavy (non-hydrogen) atoms. The Morgan fingerprint density at radius 3 is 2.67 bits per heavy atom. The van der Waals surface area contributed by atoms with Gasteiger partial charge in [-0.25, -0.2) is 0 Å². The molecule has 1 unspecified atom stereocenters. The van der Waals surface area contributed by atoms with Crippen LogP contribution in [-0.2, 0) is 9.53 Å². The van der Waals surface area contributed by atoms with Crippen LogP contribution in [0, 0.1) is 0 Å². The van der Waals surface area contributed by atoms with Crippen molar-refractivity contribution in [1.82, 2.24) is 0 Å². The number of hydrogen-bond donors (Lipinski definition) is 1. The van der Waals surface area contributed by atoms with Crippen molar-refractivity contribution in [2.45, 2.75) is 18.9 Å². The van der Waals surface area contributed by atoms with Gasteiger partial charge in [0.25, 0.3) is 0 Å². The number of ether oxygens (including phenoxy) is 3. The van der Waals surface area contributed by atoms with Crippen molar-refractivity contribution in [2.75, 3.05) is 20.3 Å². The lowest BCUT2D eigenvalue weighted by molar-refractivity contribution is -0.138. The molecule has 0 saturated carbocycles. The van der Waals surface area contributed by atoms with Crippen LogP contribution < -0.4 is 9.47 Å². The van der Waals surface area contributed by atoms with E-state index in [0.717, 1.165) is 0 Å². The van der Waals surface area contributed by atoms with Gasteiger partial charge in [-0.2, -0.15) is 0 Å². The second-order valence-corrected chi connectivity index (χ2v) is 4.25. The molecule has 1 aliphatic heterocycles. The van der Waals surface area contributed by atoms with Crippen LogP contribution in [0.4, 0.5) is 0 Å². The van der Waals surface area contributed by atoms with Crippen LogP contribution in [0.15, 0.2) is 18.2 Å². The molecule has 1 atom stereocenters. The van der Waals surface area contributed by atoms with E-state index >= 15 is 0 Å². The van der Waals surface area contributed by atoms with Crippen LogP contribution in [0.1, 0.15) is 18.4 Å². The molecule has 1 N–H and O–H groups in total. The largest absolute Gasteiger partial charge is 0.493 e. The molecule has 98 valence electrons. The molecule has 1 heterocycles. The monoisotopic (exact) mass is 252 g/mol. The van der Waals surface area contributed by atoms with Gasteiger partial charge in [0.05, 0.1) is 26.2 Å². The summed E-state index contributed by atoms with van der Waals surface area (Å²) in [5.41, 5.74) is 0.691. The average molecular weight is 252 g/mol. The molecular formula is C13H16O5. The highest BCUT2D eigenvalue weighted by Gasteiger charge is 2.22. The standard InChI is InChI=1S/C13H16O5/c1-8(13(14)15)9-3-4-11(12(5-9)16-2)18-10-6-17-7-10/h3-5,8,10H,6-7H2,1-2H3,(H,14,15). The minimum absolute atomic E-state index is 0.0571. The Kier molecular flexibility index (Phi) is 3.72. The fourth-order valence-electron chi connectivity index (χ4n) is 1.66. The van der Waals surface area contributed by atoms with Gasteiger partial charge in [-0.05, 0) is 24.6 Å². The maximum absolute atomic E-state index is 10.9. The molecule has 1 aromatic rings. The van der Waals surface area contributed by atoms with E-state index in [-0.39, 0.29) is 6.10 Å². The molecule has 0 radical (unpaired) electrons. The molecule has 1 aromatic carbocycles. The Balaban J connectivity index is 2.19. The smallest absolute Gasteiger partial charge is 0.310 e. The van der Waals surface area contributed by atoms with E-state index < -0.39 is 11.9 Å². The number of hydrogen-bond acceptors (Lipinski definition) is 4. The third kappa shape index (κ3) is 2.56. The normalized spacial score (nSPS) is 16.8. The Labute approximate surface area is 105 Å². The highest BCUT2D eigenvalue weighted by molar-refractivity contribution is 5.75. The first-order chi connectivity index (χ1) is 8.61. The van der Waals surface area contributed by atoms with Gasteiger partial charge in [-0.15, -0.1) is 0 Å². The summed E-state index contributed by atoms with van der Waals surface area (Å²) in [7, 11) is 1.54. The number of carbonyl (C=O) groups is 1. The fraction of sp³-hybridized carbons (Fsp3) is 0.462. The van der Waals surface area contributed by atoms with E-state index in [2.05, 4.69) is 0 Å². The summed E-state index contributed by atoms with van der Waals surface area (Å²) in [4.78, 5) is 10.9. The van der Waals surface area contributed by atoms with Crippen molar-refractivity contribution in [2.24, 2.45) is 0 Å². The Morgan fingerprint density at radius 1 is 1.44 bits per heavy atom. The van der Waals surface area contributed by atoms with Gasteiger partial charge < -0.3 is 19.3 Å². The molecule has 0 aliphatic carbocycles. The van der Waals surface area contributed by atoms with E-state index in [0.29, 0.717) is 30.3 Å². The average Bonchev–Trinajstić information content (AvgIpc) is 2.32. The summed E-state index contributed by atoms with van der Waals surface area (Å²) < 4.78 is 15.9. The Bertz CT molecular complexity index is 439. The first kappa shape index (κ1) is 12.7. The number of rotatable bonds is 5. The third-order valence-corrected chi connectivity index (χ3v) is 2.96. The number of aliphatic carboxylic acids is 1. The Hall–Kier alpha value is -1.75. The molecule has 5 heteroatoms. The summed E-state index contributed by atoms with van der Waals surface area (Å²) in [6.07, 6.45) is 0.0571. The molecule has 0 aromatic heterocycles. The van der Waals surface area contributed by atoms with Crippen molar-refractivity contribution >= 4 is 5.97 Å². The van der Waals surface area contributed by atoms with Crippen LogP contribution in [0.2, 0.25) is 0 Å². The van der Waals surface area contributed by atoms with E-state index in [9.17, 15) is 4.79 Å². The summed E-state index contributed by atoms with van der Waals surface area (Å²) in [6.45, 7) is 2.80. The number of benzene rings is 1. The SMILES string of the molecule is COc1cc(C(C)C(=O)O)ccc1OC1COC1. The minimum atomic E-state index is -0.863. The number of carboxylic acid groups (broad SMARTS) is 1. The van der Waals surface area contributed by atoms with Crippen LogP contribution in [0.3, 0.4) is 0 Å². The summed E-state index contributed by atoms with van der Waals surface area (Å²) in [5, 5.41) is 8.97. The van der Waals surface area contributed by atoms with Crippen LogP contribution in [0.25, 0.3) is 0 Å². The van der Waals surface area contributed by atoms with Gasteiger partial charge in [-0.1, -0.05) is 6.07 Å². The lowest BCUT2D eigenvalue weighted by Crippen LogP contribution is -2.38. The van der Waals surface area contributed by atoms with Crippen molar-refractivity contribution in [3.05, 3.63) is 23.8 Å². The quantitative estimate of drug-likeness (QED) is 0.863. The summed E-state index contributed by atoms with van der Waals surface area (Å²) in [6, 6.07) is 5.19. The van der Waals surface area contributed by atoms with Crippen molar-refractivity contribution in [3.63, 3.8) is 0 Å². The van der Waals surface area contributed by atoms with Gasteiger partial charge in [0.2, 0.25) is 0 Å². The highest BCUT2D eigenvalue weighted by atomic mass is 16.6. The zero-order valence-corrected chi connectivity index (χ0v) is 10.4. The minimum Gasteiger partial charge on any atom is -0.493 e. The van der Waals surface area contributed by atoms with Crippen molar-refractivity contribution in [3.8, 4) is 11.5 Å². The predicted octanol–water partition coefficient (Wildman–Crippen LogP) is 1.66. The number of carboxylic acids is 1. The van der Waals surface area contributed by atoms with Gasteiger partial charge in [0, 0.05) is 0 Å². The van der Waals surface area contributed by atoms with Crippen LogP contribution in [-0.4, -0.2) is 37.5 Å². The Morgan fingerprint density at radius 2 is 2.17 bits per heavy atom. The lowest BCUT2D eigenvalue weighted by atomic mass is 10.0. The number of methoxy groups -OCH3 is 1. The maximum atomic E-state index is 10.9. The van der Waals surface area contributed by atoms with Crippen molar-refractivity contribution in [1.29, 1.82) is 0 Å². The molecule has 0 bridgehead atoms.